The number of benzene rings is 1. The molecule has 1 aliphatic rings. The van der Waals surface area contributed by atoms with Crippen LogP contribution in [-0.4, -0.2) is 63.5 Å². The van der Waals surface area contributed by atoms with E-state index in [1.807, 2.05) is 4.90 Å². The van der Waals surface area contributed by atoms with Crippen LogP contribution in [0.1, 0.15) is 25.3 Å². The van der Waals surface area contributed by atoms with Gasteiger partial charge >= 0.3 is 12.1 Å². The quantitative estimate of drug-likeness (QED) is 0.407. The smallest absolute Gasteiger partial charge is 0.422 e. The Balaban J connectivity index is 1.98. The Hall–Kier alpha value is -2.65. The van der Waals surface area contributed by atoms with Crippen LogP contribution in [0.2, 0.25) is 0 Å². The summed E-state index contributed by atoms with van der Waals surface area (Å²) in [6.07, 6.45) is -2.79. The molecule has 1 unspecified atom stereocenters. The van der Waals surface area contributed by atoms with Crippen LogP contribution in [0.15, 0.2) is 23.2 Å². The van der Waals surface area contributed by atoms with E-state index < -0.39 is 12.8 Å². The molecule has 0 bridgehead atoms. The Morgan fingerprint density at radius 2 is 2.10 bits per heavy atom. The van der Waals surface area contributed by atoms with Crippen molar-refractivity contribution in [3.05, 3.63) is 23.8 Å². The molecule has 0 radical (unpaired) electrons. The van der Waals surface area contributed by atoms with Crippen molar-refractivity contribution in [3.63, 3.8) is 0 Å². The van der Waals surface area contributed by atoms with Gasteiger partial charge in [-0.1, -0.05) is 6.07 Å². The topological polar surface area (TPSA) is 72.4 Å². The lowest BCUT2D eigenvalue weighted by Crippen LogP contribution is -2.48. The lowest BCUT2D eigenvalue weighted by molar-refractivity contribution is -0.153. The Labute approximate surface area is 174 Å². The molecule has 0 spiro atoms. The number of nitrogens with one attached hydrogen (secondary N) is 1. The van der Waals surface area contributed by atoms with Crippen LogP contribution in [0, 0.1) is 5.92 Å². The molecule has 0 aliphatic carbocycles. The monoisotopic (exact) mass is 431 g/mol. The maximum absolute atomic E-state index is 12.4. The van der Waals surface area contributed by atoms with Crippen LogP contribution in [-0.2, 0) is 16.1 Å². The summed E-state index contributed by atoms with van der Waals surface area (Å²) in [5.74, 6) is 0.491. The Morgan fingerprint density at radius 1 is 1.33 bits per heavy atom. The number of methoxy groups -OCH3 is 1. The SMILES string of the molecule is CCOC(=O)C1CCCN(C(=NC)NCc2ccc(OCC(F)(F)F)c(OC)c2)C1. The zero-order valence-electron chi connectivity index (χ0n) is 17.4. The van der Waals surface area contributed by atoms with Crippen LogP contribution >= 0.6 is 0 Å². The van der Waals surface area contributed by atoms with Gasteiger partial charge in [0.15, 0.2) is 24.1 Å². The van der Waals surface area contributed by atoms with Crippen LogP contribution < -0.4 is 14.8 Å². The molecular weight excluding hydrogens is 403 g/mol. The van der Waals surface area contributed by atoms with Crippen molar-refractivity contribution in [2.75, 3.05) is 40.5 Å². The lowest BCUT2D eigenvalue weighted by Gasteiger charge is -2.34. The first-order valence-electron chi connectivity index (χ1n) is 9.76. The molecule has 0 aromatic heterocycles. The molecule has 1 heterocycles. The molecule has 30 heavy (non-hydrogen) atoms. The average molecular weight is 431 g/mol. The summed E-state index contributed by atoms with van der Waals surface area (Å²) < 4.78 is 52.2. The largest absolute Gasteiger partial charge is 0.493 e. The van der Waals surface area contributed by atoms with Gasteiger partial charge in [0.2, 0.25) is 0 Å². The number of hydrogen-bond acceptors (Lipinski definition) is 5. The second kappa shape index (κ2) is 10.9. The van der Waals surface area contributed by atoms with Crippen molar-refractivity contribution in [1.82, 2.24) is 10.2 Å². The van der Waals surface area contributed by atoms with E-state index in [4.69, 9.17) is 14.2 Å². The first-order valence-corrected chi connectivity index (χ1v) is 9.76. The van der Waals surface area contributed by atoms with Crippen LogP contribution in [0.25, 0.3) is 0 Å². The number of esters is 1. The maximum Gasteiger partial charge on any atom is 0.422 e. The van der Waals surface area contributed by atoms with Gasteiger partial charge in [-0.3, -0.25) is 9.79 Å². The fourth-order valence-corrected chi connectivity index (χ4v) is 3.24. The molecule has 2 rings (SSSR count). The van der Waals surface area contributed by atoms with Gasteiger partial charge in [0.05, 0.1) is 19.6 Å². The Bertz CT molecular complexity index is 740. The van der Waals surface area contributed by atoms with Gasteiger partial charge in [-0.15, -0.1) is 0 Å². The first kappa shape index (κ1) is 23.6. The summed E-state index contributed by atoms with van der Waals surface area (Å²) in [6.45, 7) is 2.42. The van der Waals surface area contributed by atoms with Crippen molar-refractivity contribution in [2.45, 2.75) is 32.5 Å². The minimum absolute atomic E-state index is 0.0243. The van der Waals surface area contributed by atoms with Gasteiger partial charge in [0.25, 0.3) is 0 Å². The molecule has 0 saturated carbocycles. The lowest BCUT2D eigenvalue weighted by atomic mass is 9.98. The number of hydrogen-bond donors (Lipinski definition) is 1. The summed E-state index contributed by atoms with van der Waals surface area (Å²) in [4.78, 5) is 18.3. The molecule has 1 aromatic carbocycles. The van der Waals surface area contributed by atoms with E-state index in [0.717, 1.165) is 24.9 Å². The third-order valence-electron chi connectivity index (χ3n) is 4.62. The normalized spacial score (nSPS) is 17.5. The predicted molar refractivity (Wildman–Crippen MR) is 106 cm³/mol. The van der Waals surface area contributed by atoms with E-state index in [1.54, 1.807) is 26.1 Å². The van der Waals surface area contributed by atoms with Crippen LogP contribution in [0.5, 0.6) is 11.5 Å². The number of carbonyl (C=O) groups is 1. The van der Waals surface area contributed by atoms with Gasteiger partial charge in [-0.05, 0) is 37.5 Å². The fraction of sp³-hybridized carbons (Fsp3) is 0.600. The molecule has 7 nitrogen and oxygen atoms in total. The standard InChI is InChI=1S/C20H28F3N3O4/c1-4-29-18(27)15-6-5-9-26(12-15)19(24-2)25-11-14-7-8-16(17(10-14)28-3)30-13-20(21,22)23/h7-8,10,15H,4-6,9,11-13H2,1-3H3,(H,24,25). The first-order chi connectivity index (χ1) is 14.3. The number of nitrogens with zero attached hydrogens (tertiary/aromatic N) is 2. The van der Waals surface area contributed by atoms with Crippen LogP contribution in [0.4, 0.5) is 13.2 Å². The third-order valence-corrected chi connectivity index (χ3v) is 4.62. The number of piperidine rings is 1. The van der Waals surface area contributed by atoms with Crippen LogP contribution in [0.3, 0.4) is 0 Å². The maximum atomic E-state index is 12.4. The molecule has 1 fully saturated rings. The predicted octanol–water partition coefficient (Wildman–Crippen LogP) is 2.99. The number of alkyl halides is 3. The molecule has 10 heteroatoms. The molecule has 1 N–H and O–H groups in total. The van der Waals surface area contributed by atoms with E-state index in [1.165, 1.54) is 13.2 Å². The van der Waals surface area contributed by atoms with Gasteiger partial charge in [-0.2, -0.15) is 13.2 Å². The highest BCUT2D eigenvalue weighted by atomic mass is 19.4. The fourth-order valence-electron chi connectivity index (χ4n) is 3.24. The number of ether oxygens (including phenoxy) is 3. The number of guanidine groups is 1. The minimum Gasteiger partial charge on any atom is -0.493 e. The number of likely N-dealkylation sites (tertiary alicyclic amines) is 1. The summed E-state index contributed by atoms with van der Waals surface area (Å²) >= 11 is 0. The van der Waals surface area contributed by atoms with E-state index >= 15 is 0 Å². The highest BCUT2D eigenvalue weighted by Crippen LogP contribution is 2.30. The highest BCUT2D eigenvalue weighted by molar-refractivity contribution is 5.81. The van der Waals surface area contributed by atoms with E-state index in [-0.39, 0.29) is 23.4 Å². The zero-order valence-corrected chi connectivity index (χ0v) is 17.4. The van der Waals surface area contributed by atoms with Gasteiger partial charge in [0, 0.05) is 26.7 Å². The molecule has 168 valence electrons. The van der Waals surface area contributed by atoms with Crippen molar-refractivity contribution < 1.29 is 32.2 Å². The van der Waals surface area contributed by atoms with Crippen molar-refractivity contribution >= 4 is 11.9 Å². The van der Waals surface area contributed by atoms with Gasteiger partial charge < -0.3 is 24.4 Å². The number of rotatable bonds is 7. The van der Waals surface area contributed by atoms with Gasteiger partial charge in [-0.25, -0.2) is 0 Å². The summed E-state index contributed by atoms with van der Waals surface area (Å²) in [7, 11) is 3.03. The summed E-state index contributed by atoms with van der Waals surface area (Å²) in [6, 6.07) is 4.72. The summed E-state index contributed by atoms with van der Waals surface area (Å²) in [5.41, 5.74) is 0.784. The second-order valence-electron chi connectivity index (χ2n) is 6.83. The van der Waals surface area contributed by atoms with E-state index in [2.05, 4.69) is 10.3 Å². The third kappa shape index (κ3) is 7.00. The minimum atomic E-state index is -4.42. The molecule has 1 aromatic rings. The molecule has 1 aliphatic heterocycles. The number of aliphatic imine (C=N–C) groups is 1. The van der Waals surface area contributed by atoms with Gasteiger partial charge in [0.1, 0.15) is 0 Å². The molecule has 0 amide bonds. The molecular formula is C20H28F3N3O4. The second-order valence-corrected chi connectivity index (χ2v) is 6.83. The Morgan fingerprint density at radius 3 is 2.73 bits per heavy atom. The Kier molecular flexibility index (Phi) is 8.61. The van der Waals surface area contributed by atoms with Crippen molar-refractivity contribution in [1.29, 1.82) is 0 Å². The summed E-state index contributed by atoms with van der Waals surface area (Å²) in [5, 5.41) is 3.22. The zero-order chi connectivity index (χ0) is 22.1. The highest BCUT2D eigenvalue weighted by Gasteiger charge is 2.29. The van der Waals surface area contributed by atoms with Crippen molar-refractivity contribution in [2.24, 2.45) is 10.9 Å². The van der Waals surface area contributed by atoms with E-state index in [0.29, 0.717) is 25.7 Å². The number of carbonyl (C=O) groups excluding carboxylic acids is 1. The van der Waals surface area contributed by atoms with E-state index in [9.17, 15) is 18.0 Å². The number of halogens is 3. The molecule has 1 atom stereocenters. The van der Waals surface area contributed by atoms with Crippen molar-refractivity contribution in [3.8, 4) is 11.5 Å². The molecule has 1 saturated heterocycles. The average Bonchev–Trinajstić information content (AvgIpc) is 2.72.